The van der Waals surface area contributed by atoms with E-state index in [-0.39, 0.29) is 11.8 Å². The van der Waals surface area contributed by atoms with Crippen LogP contribution >= 0.6 is 0 Å². The molecule has 3 aromatic rings. The maximum Gasteiger partial charge on any atom is 0.203 e. The first kappa shape index (κ1) is 13.9. The Morgan fingerprint density at radius 2 is 2.35 bits per heavy atom. The monoisotopic (exact) mass is 311 g/mol. The van der Waals surface area contributed by atoms with Crippen molar-refractivity contribution in [3.8, 4) is 0 Å². The Morgan fingerprint density at radius 1 is 1.43 bits per heavy atom. The van der Waals surface area contributed by atoms with Crippen LogP contribution in [0.5, 0.6) is 0 Å². The third-order valence-corrected chi connectivity index (χ3v) is 4.29. The number of carbonyl (C=O) groups is 1. The first-order valence-electron chi connectivity index (χ1n) is 7.65. The minimum atomic E-state index is 0.114. The van der Waals surface area contributed by atoms with Crippen LogP contribution in [0.1, 0.15) is 29.6 Å². The van der Waals surface area contributed by atoms with Crippen molar-refractivity contribution in [3.05, 3.63) is 36.7 Å². The maximum atomic E-state index is 12.5. The van der Waals surface area contributed by atoms with E-state index >= 15 is 0 Å². The summed E-state index contributed by atoms with van der Waals surface area (Å²) in [6.07, 6.45) is 11.1. The first-order chi connectivity index (χ1) is 11.2. The molecular weight excluding hydrogens is 294 g/mol. The minimum absolute atomic E-state index is 0.114. The van der Waals surface area contributed by atoms with Crippen molar-refractivity contribution in [2.75, 3.05) is 11.4 Å². The Labute approximate surface area is 132 Å². The summed E-state index contributed by atoms with van der Waals surface area (Å²) in [6.45, 7) is 0.879. The van der Waals surface area contributed by atoms with Crippen LogP contribution in [0, 0.1) is 0 Å². The zero-order valence-corrected chi connectivity index (χ0v) is 12.8. The standard InChI is InChI=1S/C15H17N7O/c1-20-9-11(8-18-20)13(23)7-12-3-2-5-22(12)14-15-19-17-10-21(15)6-4-16-14/h4,6,8-10,12H,2-3,5,7H2,1H3. The number of rotatable bonds is 4. The Balaban J connectivity index is 1.59. The lowest BCUT2D eigenvalue weighted by Crippen LogP contribution is -2.32. The van der Waals surface area contributed by atoms with E-state index in [0.717, 1.165) is 30.9 Å². The summed E-state index contributed by atoms with van der Waals surface area (Å²) in [5.41, 5.74) is 1.39. The molecule has 8 heteroatoms. The molecule has 0 spiro atoms. The summed E-state index contributed by atoms with van der Waals surface area (Å²) in [5, 5.41) is 12.2. The largest absolute Gasteiger partial charge is 0.350 e. The highest BCUT2D eigenvalue weighted by molar-refractivity contribution is 5.96. The van der Waals surface area contributed by atoms with E-state index in [9.17, 15) is 4.79 Å². The molecule has 0 aromatic carbocycles. The first-order valence-corrected chi connectivity index (χ1v) is 7.65. The molecule has 8 nitrogen and oxygen atoms in total. The third kappa shape index (κ3) is 2.45. The van der Waals surface area contributed by atoms with Crippen LogP contribution in [-0.2, 0) is 7.05 Å². The number of carbonyl (C=O) groups excluding carboxylic acids is 1. The van der Waals surface area contributed by atoms with Crippen LogP contribution in [0.4, 0.5) is 5.82 Å². The van der Waals surface area contributed by atoms with Gasteiger partial charge in [-0.1, -0.05) is 0 Å². The molecule has 3 aromatic heterocycles. The molecule has 0 radical (unpaired) electrons. The van der Waals surface area contributed by atoms with Gasteiger partial charge in [0.25, 0.3) is 0 Å². The molecule has 118 valence electrons. The predicted octanol–water partition coefficient (Wildman–Crippen LogP) is 1.10. The lowest BCUT2D eigenvalue weighted by Gasteiger charge is -2.25. The molecule has 0 bridgehead atoms. The van der Waals surface area contributed by atoms with Gasteiger partial charge >= 0.3 is 0 Å². The average molecular weight is 311 g/mol. The van der Waals surface area contributed by atoms with E-state index in [1.165, 1.54) is 0 Å². The number of aryl methyl sites for hydroxylation is 1. The summed E-state index contributed by atoms with van der Waals surface area (Å²) in [4.78, 5) is 19.1. The van der Waals surface area contributed by atoms with Crippen molar-refractivity contribution >= 4 is 17.2 Å². The van der Waals surface area contributed by atoms with E-state index in [1.807, 2.05) is 17.6 Å². The molecule has 1 aliphatic rings. The van der Waals surface area contributed by atoms with Gasteiger partial charge < -0.3 is 4.90 Å². The van der Waals surface area contributed by atoms with Crippen molar-refractivity contribution in [2.45, 2.75) is 25.3 Å². The Bertz CT molecular complexity index is 852. The zero-order valence-electron chi connectivity index (χ0n) is 12.8. The van der Waals surface area contributed by atoms with Gasteiger partial charge in [0.1, 0.15) is 6.33 Å². The van der Waals surface area contributed by atoms with Gasteiger partial charge in [0.2, 0.25) is 5.65 Å². The second kappa shape index (κ2) is 5.45. The quantitative estimate of drug-likeness (QED) is 0.671. The summed E-state index contributed by atoms with van der Waals surface area (Å²) in [7, 11) is 1.81. The topological polar surface area (TPSA) is 81.2 Å². The summed E-state index contributed by atoms with van der Waals surface area (Å²) >= 11 is 0. The Morgan fingerprint density at radius 3 is 3.17 bits per heavy atom. The van der Waals surface area contributed by atoms with Gasteiger partial charge in [0.05, 0.1) is 11.8 Å². The number of hydrogen-bond donors (Lipinski definition) is 0. The highest BCUT2D eigenvalue weighted by Crippen LogP contribution is 2.28. The predicted molar refractivity (Wildman–Crippen MR) is 83.3 cm³/mol. The number of anilines is 1. The second-order valence-electron chi connectivity index (χ2n) is 5.83. The zero-order chi connectivity index (χ0) is 15.8. The van der Waals surface area contributed by atoms with Gasteiger partial charge in [-0.3, -0.25) is 13.9 Å². The maximum absolute atomic E-state index is 12.5. The molecule has 1 unspecified atom stereocenters. The van der Waals surface area contributed by atoms with Crippen molar-refractivity contribution in [1.29, 1.82) is 0 Å². The van der Waals surface area contributed by atoms with Crippen LogP contribution in [0.15, 0.2) is 31.1 Å². The highest BCUT2D eigenvalue weighted by Gasteiger charge is 2.30. The molecule has 4 rings (SSSR count). The lowest BCUT2D eigenvalue weighted by atomic mass is 10.0. The summed E-state index contributed by atoms with van der Waals surface area (Å²) in [6, 6.07) is 0.137. The van der Waals surface area contributed by atoms with Crippen LogP contribution in [0.25, 0.3) is 5.65 Å². The fraction of sp³-hybridized carbons (Fsp3) is 0.400. The van der Waals surface area contributed by atoms with Crippen LogP contribution in [0.3, 0.4) is 0 Å². The molecule has 0 aliphatic carbocycles. The molecular formula is C15H17N7O. The third-order valence-electron chi connectivity index (χ3n) is 4.29. The van der Waals surface area contributed by atoms with E-state index < -0.39 is 0 Å². The molecule has 4 heterocycles. The Kier molecular flexibility index (Phi) is 3.29. The number of nitrogens with zero attached hydrogens (tertiary/aromatic N) is 7. The minimum Gasteiger partial charge on any atom is -0.350 e. The normalized spacial score (nSPS) is 18.0. The van der Waals surface area contributed by atoms with Gasteiger partial charge in [0, 0.05) is 44.6 Å². The number of Topliss-reactive ketones (excluding diaryl/α,β-unsaturated/α-hetero) is 1. The van der Waals surface area contributed by atoms with Gasteiger partial charge in [-0.15, -0.1) is 10.2 Å². The number of fused-ring (bicyclic) bond motifs is 1. The fourth-order valence-corrected chi connectivity index (χ4v) is 3.17. The van der Waals surface area contributed by atoms with Crippen molar-refractivity contribution in [2.24, 2.45) is 7.05 Å². The molecule has 0 amide bonds. The van der Waals surface area contributed by atoms with E-state index in [1.54, 1.807) is 29.6 Å². The summed E-state index contributed by atoms with van der Waals surface area (Å²) < 4.78 is 3.50. The smallest absolute Gasteiger partial charge is 0.203 e. The number of hydrogen-bond acceptors (Lipinski definition) is 6. The highest BCUT2D eigenvalue weighted by atomic mass is 16.1. The van der Waals surface area contributed by atoms with Gasteiger partial charge in [-0.2, -0.15) is 5.10 Å². The average Bonchev–Trinajstić information content (AvgIpc) is 3.26. The SMILES string of the molecule is Cn1cc(C(=O)CC2CCCN2c2nccn3cnnc23)cn1. The summed E-state index contributed by atoms with van der Waals surface area (Å²) in [5.74, 6) is 0.912. The van der Waals surface area contributed by atoms with Gasteiger partial charge in [-0.25, -0.2) is 4.98 Å². The molecule has 1 saturated heterocycles. The van der Waals surface area contributed by atoms with Crippen LogP contribution in [0.2, 0.25) is 0 Å². The lowest BCUT2D eigenvalue weighted by molar-refractivity contribution is 0.0974. The van der Waals surface area contributed by atoms with E-state index in [2.05, 4.69) is 25.2 Å². The Hall–Kier alpha value is -2.77. The van der Waals surface area contributed by atoms with E-state index in [0.29, 0.717) is 12.0 Å². The van der Waals surface area contributed by atoms with Crippen LogP contribution in [-0.4, -0.2) is 47.7 Å². The van der Waals surface area contributed by atoms with Crippen LogP contribution < -0.4 is 4.90 Å². The fourth-order valence-electron chi connectivity index (χ4n) is 3.17. The van der Waals surface area contributed by atoms with Crippen molar-refractivity contribution < 1.29 is 4.79 Å². The molecule has 1 atom stereocenters. The molecule has 1 fully saturated rings. The van der Waals surface area contributed by atoms with Gasteiger partial charge in [0.15, 0.2) is 11.6 Å². The molecule has 0 saturated carbocycles. The van der Waals surface area contributed by atoms with E-state index in [4.69, 9.17) is 0 Å². The molecule has 1 aliphatic heterocycles. The molecule has 23 heavy (non-hydrogen) atoms. The van der Waals surface area contributed by atoms with Gasteiger partial charge in [-0.05, 0) is 12.8 Å². The van der Waals surface area contributed by atoms with Crippen molar-refractivity contribution in [3.63, 3.8) is 0 Å². The molecule has 0 N–H and O–H groups in total. The second-order valence-corrected chi connectivity index (χ2v) is 5.83. The van der Waals surface area contributed by atoms with Crippen molar-refractivity contribution in [1.82, 2.24) is 29.4 Å². The number of ketones is 1. The number of aromatic nitrogens is 6.